The van der Waals surface area contributed by atoms with Crippen molar-refractivity contribution in [3.63, 3.8) is 0 Å². The topological polar surface area (TPSA) is 83.4 Å². The lowest BCUT2D eigenvalue weighted by atomic mass is 10.1. The standard InChI is InChI=1S/C18H14F3N3O3S/c19-18(20,21)14-8-12(23-16(25)11-5-6-27-10-11)3-4-15(14)24-17(26)22-9-13-2-1-7-28-13/h1-8,10H,9H2,(H,23,25)(H2,22,24,26). The number of alkyl halides is 3. The first-order valence-corrected chi connectivity index (χ1v) is 8.83. The first-order chi connectivity index (χ1) is 13.3. The first-order valence-electron chi connectivity index (χ1n) is 7.95. The van der Waals surface area contributed by atoms with Crippen molar-refractivity contribution in [2.24, 2.45) is 0 Å². The van der Waals surface area contributed by atoms with Gasteiger partial charge in [0.2, 0.25) is 0 Å². The number of hydrogen-bond acceptors (Lipinski definition) is 4. The highest BCUT2D eigenvalue weighted by Crippen LogP contribution is 2.36. The third-order valence-corrected chi connectivity index (χ3v) is 4.49. The monoisotopic (exact) mass is 409 g/mol. The lowest BCUT2D eigenvalue weighted by molar-refractivity contribution is -0.136. The highest BCUT2D eigenvalue weighted by atomic mass is 32.1. The normalized spacial score (nSPS) is 11.1. The number of benzene rings is 1. The van der Waals surface area contributed by atoms with Crippen molar-refractivity contribution in [3.05, 3.63) is 70.3 Å². The Bertz CT molecular complexity index is 954. The summed E-state index contributed by atoms with van der Waals surface area (Å²) >= 11 is 1.42. The van der Waals surface area contributed by atoms with Crippen LogP contribution < -0.4 is 16.0 Å². The molecule has 3 amide bonds. The SMILES string of the molecule is O=C(NCc1cccs1)Nc1ccc(NC(=O)c2ccoc2)cc1C(F)(F)F. The van der Waals surface area contributed by atoms with E-state index >= 15 is 0 Å². The maximum absolute atomic E-state index is 13.4. The zero-order valence-corrected chi connectivity index (χ0v) is 15.0. The van der Waals surface area contributed by atoms with Crippen molar-refractivity contribution >= 4 is 34.6 Å². The third kappa shape index (κ3) is 4.92. The van der Waals surface area contributed by atoms with Gasteiger partial charge in [-0.1, -0.05) is 6.07 Å². The number of hydrogen-bond donors (Lipinski definition) is 3. The molecule has 146 valence electrons. The summed E-state index contributed by atoms with van der Waals surface area (Å²) in [6.45, 7) is 0.198. The Morgan fingerprint density at radius 3 is 2.57 bits per heavy atom. The minimum Gasteiger partial charge on any atom is -0.472 e. The maximum Gasteiger partial charge on any atom is 0.418 e. The first kappa shape index (κ1) is 19.5. The van der Waals surface area contributed by atoms with Gasteiger partial charge in [-0.05, 0) is 35.7 Å². The zero-order valence-electron chi connectivity index (χ0n) is 14.2. The van der Waals surface area contributed by atoms with Crippen molar-refractivity contribution in [1.29, 1.82) is 0 Å². The van der Waals surface area contributed by atoms with Crippen molar-refractivity contribution in [2.45, 2.75) is 12.7 Å². The van der Waals surface area contributed by atoms with Gasteiger partial charge >= 0.3 is 12.2 Å². The molecule has 3 aromatic rings. The summed E-state index contributed by atoms with van der Waals surface area (Å²) in [6, 6.07) is 7.32. The van der Waals surface area contributed by atoms with E-state index in [1.54, 1.807) is 12.1 Å². The summed E-state index contributed by atoms with van der Waals surface area (Å²) in [4.78, 5) is 24.8. The summed E-state index contributed by atoms with van der Waals surface area (Å²) in [7, 11) is 0. The Kier molecular flexibility index (Phi) is 5.69. The van der Waals surface area contributed by atoms with Crippen molar-refractivity contribution in [3.8, 4) is 0 Å². The molecule has 0 spiro atoms. The Morgan fingerprint density at radius 1 is 1.11 bits per heavy atom. The average molecular weight is 409 g/mol. The van der Waals surface area contributed by atoms with Gasteiger partial charge in [-0.25, -0.2) is 4.79 Å². The lowest BCUT2D eigenvalue weighted by Gasteiger charge is -2.16. The summed E-state index contributed by atoms with van der Waals surface area (Å²) in [5, 5.41) is 8.87. The molecular formula is C18H14F3N3O3S. The molecule has 0 saturated carbocycles. The van der Waals surface area contributed by atoms with Gasteiger partial charge in [-0.2, -0.15) is 13.2 Å². The van der Waals surface area contributed by atoms with E-state index in [-0.39, 0.29) is 17.8 Å². The fraction of sp³-hybridized carbons (Fsp3) is 0.111. The van der Waals surface area contributed by atoms with Crippen LogP contribution in [-0.2, 0) is 12.7 Å². The van der Waals surface area contributed by atoms with Gasteiger partial charge in [0.15, 0.2) is 0 Å². The molecule has 10 heteroatoms. The Labute approximate surface area is 161 Å². The number of halogens is 3. The number of urea groups is 1. The van der Waals surface area contributed by atoms with Crippen LogP contribution in [0.15, 0.2) is 58.7 Å². The van der Waals surface area contributed by atoms with E-state index in [0.717, 1.165) is 17.0 Å². The van der Waals surface area contributed by atoms with E-state index in [4.69, 9.17) is 4.42 Å². The van der Waals surface area contributed by atoms with Crippen LogP contribution in [0.5, 0.6) is 0 Å². The second kappa shape index (κ2) is 8.17. The molecule has 0 bridgehead atoms. The highest BCUT2D eigenvalue weighted by molar-refractivity contribution is 7.09. The maximum atomic E-state index is 13.4. The lowest BCUT2D eigenvalue weighted by Crippen LogP contribution is -2.29. The minimum atomic E-state index is -4.73. The van der Waals surface area contributed by atoms with Gasteiger partial charge in [-0.3, -0.25) is 4.79 Å². The van der Waals surface area contributed by atoms with Crippen LogP contribution in [-0.4, -0.2) is 11.9 Å². The fourth-order valence-electron chi connectivity index (χ4n) is 2.31. The molecule has 0 aliphatic heterocycles. The molecule has 0 unspecified atom stereocenters. The Balaban J connectivity index is 1.73. The van der Waals surface area contributed by atoms with Crippen molar-refractivity contribution in [1.82, 2.24) is 5.32 Å². The molecule has 0 aliphatic rings. The van der Waals surface area contributed by atoms with E-state index < -0.39 is 29.4 Å². The van der Waals surface area contributed by atoms with Gasteiger partial charge < -0.3 is 20.4 Å². The molecule has 0 radical (unpaired) electrons. The predicted octanol–water partition coefficient (Wildman–Crippen LogP) is 4.93. The van der Waals surface area contributed by atoms with E-state index in [1.807, 2.05) is 5.38 Å². The molecule has 1 aromatic carbocycles. The van der Waals surface area contributed by atoms with Gasteiger partial charge in [0.25, 0.3) is 5.91 Å². The van der Waals surface area contributed by atoms with Crippen LogP contribution in [0.25, 0.3) is 0 Å². The number of amides is 3. The van der Waals surface area contributed by atoms with Crippen LogP contribution in [0.1, 0.15) is 20.8 Å². The molecule has 6 nitrogen and oxygen atoms in total. The fourth-order valence-corrected chi connectivity index (χ4v) is 2.95. The number of carbonyl (C=O) groups is 2. The Morgan fingerprint density at radius 2 is 1.93 bits per heavy atom. The van der Waals surface area contributed by atoms with Crippen LogP contribution in [0.4, 0.5) is 29.3 Å². The zero-order chi connectivity index (χ0) is 20.1. The number of rotatable bonds is 5. The molecule has 2 heterocycles. The van der Waals surface area contributed by atoms with Gasteiger partial charge in [-0.15, -0.1) is 11.3 Å². The van der Waals surface area contributed by atoms with E-state index in [0.29, 0.717) is 0 Å². The van der Waals surface area contributed by atoms with Gasteiger partial charge in [0.1, 0.15) is 6.26 Å². The largest absolute Gasteiger partial charge is 0.472 e. The molecule has 0 fully saturated rings. The summed E-state index contributed by atoms with van der Waals surface area (Å²) < 4.78 is 45.0. The van der Waals surface area contributed by atoms with Crippen LogP contribution >= 0.6 is 11.3 Å². The number of carbonyl (C=O) groups excluding carboxylic acids is 2. The molecular weight excluding hydrogens is 395 g/mol. The molecule has 0 saturated heterocycles. The van der Waals surface area contributed by atoms with Crippen molar-refractivity contribution in [2.75, 3.05) is 10.6 Å². The molecule has 28 heavy (non-hydrogen) atoms. The molecule has 3 rings (SSSR count). The minimum absolute atomic E-state index is 0.0666. The van der Waals surface area contributed by atoms with Crippen LogP contribution in [0.2, 0.25) is 0 Å². The second-order valence-corrected chi connectivity index (χ2v) is 6.64. The van der Waals surface area contributed by atoms with Gasteiger partial charge in [0.05, 0.1) is 29.6 Å². The molecule has 0 atom stereocenters. The smallest absolute Gasteiger partial charge is 0.418 e. The number of furan rings is 1. The van der Waals surface area contributed by atoms with Gasteiger partial charge in [0, 0.05) is 10.6 Å². The quantitative estimate of drug-likeness (QED) is 0.559. The van der Waals surface area contributed by atoms with E-state index in [1.165, 1.54) is 36.0 Å². The molecule has 0 aliphatic carbocycles. The number of nitrogens with one attached hydrogen (secondary N) is 3. The highest BCUT2D eigenvalue weighted by Gasteiger charge is 2.34. The van der Waals surface area contributed by atoms with E-state index in [9.17, 15) is 22.8 Å². The van der Waals surface area contributed by atoms with Crippen molar-refractivity contribution < 1.29 is 27.2 Å². The molecule has 3 N–H and O–H groups in total. The predicted molar refractivity (Wildman–Crippen MR) is 98.3 cm³/mol. The third-order valence-electron chi connectivity index (χ3n) is 3.62. The average Bonchev–Trinajstić information content (AvgIpc) is 3.34. The summed E-state index contributed by atoms with van der Waals surface area (Å²) in [5.74, 6) is -0.615. The summed E-state index contributed by atoms with van der Waals surface area (Å²) in [5.41, 5.74) is -1.40. The second-order valence-electron chi connectivity index (χ2n) is 5.61. The summed E-state index contributed by atoms with van der Waals surface area (Å²) in [6.07, 6.45) is -2.28. The Hall–Kier alpha value is -3.27. The number of anilines is 2. The van der Waals surface area contributed by atoms with Crippen LogP contribution in [0, 0.1) is 0 Å². The van der Waals surface area contributed by atoms with E-state index in [2.05, 4.69) is 16.0 Å². The molecule has 2 aromatic heterocycles. The van der Waals surface area contributed by atoms with Crippen LogP contribution in [0.3, 0.4) is 0 Å². The number of thiophene rings is 1.